The van der Waals surface area contributed by atoms with Crippen molar-refractivity contribution in [2.45, 2.75) is 18.7 Å². The second-order valence-electron chi connectivity index (χ2n) is 6.24. The zero-order valence-electron chi connectivity index (χ0n) is 16.5. The third-order valence-electron chi connectivity index (χ3n) is 4.18. The molecule has 0 unspecified atom stereocenters. The fourth-order valence-electron chi connectivity index (χ4n) is 2.90. The van der Waals surface area contributed by atoms with Crippen molar-refractivity contribution < 1.29 is 17.5 Å². The normalized spacial score (nSPS) is 11.9. The molecule has 0 amide bonds. The molecule has 0 radical (unpaired) electrons. The Bertz CT molecular complexity index is 1100. The molecule has 10 heteroatoms. The number of sulfonamides is 1. The summed E-state index contributed by atoms with van der Waals surface area (Å²) in [6.45, 7) is 4.54. The van der Waals surface area contributed by atoms with E-state index in [4.69, 9.17) is 32.2 Å². The second kappa shape index (κ2) is 10.2. The molecule has 0 atom stereocenters. The van der Waals surface area contributed by atoms with Crippen molar-refractivity contribution in [3.05, 3.63) is 64.8 Å². The molecule has 2 aromatic carbocycles. The fourth-order valence-corrected chi connectivity index (χ4v) is 7.08. The van der Waals surface area contributed by atoms with E-state index in [0.29, 0.717) is 24.4 Å². The molecule has 0 fully saturated rings. The van der Waals surface area contributed by atoms with E-state index in [-0.39, 0.29) is 21.2 Å². The van der Waals surface area contributed by atoms with Gasteiger partial charge in [-0.3, -0.25) is 4.98 Å². The number of aromatic nitrogens is 1. The van der Waals surface area contributed by atoms with Crippen LogP contribution in [0.2, 0.25) is 10.0 Å². The highest BCUT2D eigenvalue weighted by atomic mass is 35.5. The van der Waals surface area contributed by atoms with E-state index in [0.717, 1.165) is 5.39 Å². The van der Waals surface area contributed by atoms with Crippen molar-refractivity contribution >= 4 is 58.2 Å². The van der Waals surface area contributed by atoms with Gasteiger partial charge in [0.25, 0.3) is 18.4 Å². The Labute approximate surface area is 187 Å². The Morgan fingerprint density at radius 1 is 1.00 bits per heavy atom. The Hall–Kier alpha value is -1.47. The summed E-state index contributed by atoms with van der Waals surface area (Å²) in [4.78, 5) is 4.34. The van der Waals surface area contributed by atoms with Crippen LogP contribution in [0.15, 0.2) is 59.6 Å². The SMILES string of the molecule is CCO[PH+](CN(c1ccc2cccnc2c1)S(=O)(=O)c1cc(Cl)cc(Cl)c1)OCC. The lowest BCUT2D eigenvalue weighted by molar-refractivity contribution is 0.270. The van der Waals surface area contributed by atoms with Gasteiger partial charge in [-0.05, 0) is 50.2 Å². The minimum Gasteiger partial charge on any atom is -0.256 e. The summed E-state index contributed by atoms with van der Waals surface area (Å²) in [6.07, 6.45) is 1.72. The van der Waals surface area contributed by atoms with Gasteiger partial charge in [0.05, 0.1) is 29.3 Å². The number of halogens is 2. The van der Waals surface area contributed by atoms with Gasteiger partial charge in [-0.15, -0.1) is 0 Å². The highest BCUT2D eigenvalue weighted by Crippen LogP contribution is 2.42. The summed E-state index contributed by atoms with van der Waals surface area (Å²) in [5, 5.41) is 1.38. The largest absolute Gasteiger partial charge is 0.283 e. The number of hydrogen-bond donors (Lipinski definition) is 0. The minimum absolute atomic E-state index is 0.00420. The average Bonchev–Trinajstić information content (AvgIpc) is 2.71. The molecule has 0 N–H and O–H groups in total. The Kier molecular flexibility index (Phi) is 7.91. The first-order valence-corrected chi connectivity index (χ1v) is 13.0. The first kappa shape index (κ1) is 23.2. The van der Waals surface area contributed by atoms with Crippen LogP contribution in [0.5, 0.6) is 0 Å². The van der Waals surface area contributed by atoms with Crippen LogP contribution >= 0.6 is 31.6 Å². The average molecular weight is 488 g/mol. The van der Waals surface area contributed by atoms with Gasteiger partial charge in [0, 0.05) is 21.6 Å². The van der Waals surface area contributed by atoms with Gasteiger partial charge in [-0.2, -0.15) is 0 Å². The molecule has 6 nitrogen and oxygen atoms in total. The number of fused-ring (bicyclic) bond motifs is 1. The third-order valence-corrected chi connectivity index (χ3v) is 8.40. The predicted molar refractivity (Wildman–Crippen MR) is 124 cm³/mol. The molecule has 30 heavy (non-hydrogen) atoms. The molecule has 0 spiro atoms. The minimum atomic E-state index is -4.00. The molecule has 0 bridgehead atoms. The maximum Gasteiger partial charge on any atom is 0.283 e. The molecule has 0 aliphatic rings. The summed E-state index contributed by atoms with van der Waals surface area (Å²) < 4.78 is 39.9. The molecule has 3 aromatic rings. The van der Waals surface area contributed by atoms with Crippen LogP contribution < -0.4 is 4.31 Å². The highest BCUT2D eigenvalue weighted by Gasteiger charge is 2.33. The zero-order chi connectivity index (χ0) is 21.7. The quantitative estimate of drug-likeness (QED) is 0.356. The molecule has 160 valence electrons. The van der Waals surface area contributed by atoms with E-state index in [1.54, 1.807) is 18.3 Å². The van der Waals surface area contributed by atoms with E-state index in [1.165, 1.54) is 22.5 Å². The maximum atomic E-state index is 13.6. The number of pyridine rings is 1. The lowest BCUT2D eigenvalue weighted by Crippen LogP contribution is -2.32. The molecule has 0 aliphatic heterocycles. The van der Waals surface area contributed by atoms with E-state index < -0.39 is 18.4 Å². The molecule has 1 heterocycles. The van der Waals surface area contributed by atoms with Gasteiger partial charge >= 0.3 is 0 Å². The number of benzene rings is 2. The molecule has 3 rings (SSSR count). The highest BCUT2D eigenvalue weighted by molar-refractivity contribution is 7.93. The van der Waals surface area contributed by atoms with Gasteiger partial charge in [-0.1, -0.05) is 35.3 Å². The standard InChI is InChI=1S/C20H21Cl2N2O4PS/c1-3-27-29(28-4-2)14-24(18-8-7-15-6-5-9-23-20(15)13-18)30(25,26)19-11-16(21)10-17(22)12-19/h5-13H,3-4,14H2,1-2H3/p+1. The predicted octanol–water partition coefficient (Wildman–Crippen LogP) is 5.81. The lowest BCUT2D eigenvalue weighted by Gasteiger charge is -2.24. The van der Waals surface area contributed by atoms with Gasteiger partial charge < -0.3 is 0 Å². The molecule has 0 aliphatic carbocycles. The Balaban J connectivity index is 2.12. The van der Waals surface area contributed by atoms with Crippen molar-refractivity contribution in [3.8, 4) is 0 Å². The van der Waals surface area contributed by atoms with E-state index >= 15 is 0 Å². The van der Waals surface area contributed by atoms with Crippen LogP contribution in [-0.2, 0) is 19.1 Å². The van der Waals surface area contributed by atoms with E-state index in [9.17, 15) is 8.42 Å². The van der Waals surface area contributed by atoms with Crippen molar-refractivity contribution in [3.63, 3.8) is 0 Å². The monoisotopic (exact) mass is 487 g/mol. The molecular formula is C20H22Cl2N2O4PS+. The van der Waals surface area contributed by atoms with Crippen LogP contribution in [0.3, 0.4) is 0 Å². The number of hydrogen-bond acceptors (Lipinski definition) is 5. The number of rotatable bonds is 9. The van der Waals surface area contributed by atoms with Gasteiger partial charge in [-0.25, -0.2) is 21.8 Å². The summed E-state index contributed by atoms with van der Waals surface area (Å²) in [5.74, 6) is 0. The van der Waals surface area contributed by atoms with E-state index in [2.05, 4.69) is 4.98 Å². The number of anilines is 1. The second-order valence-corrected chi connectivity index (χ2v) is 10.6. The topological polar surface area (TPSA) is 68.7 Å². The van der Waals surface area contributed by atoms with Crippen molar-refractivity contribution in [2.75, 3.05) is 23.8 Å². The first-order valence-electron chi connectivity index (χ1n) is 9.30. The maximum absolute atomic E-state index is 13.6. The van der Waals surface area contributed by atoms with Gasteiger partial charge in [0.1, 0.15) is 0 Å². The fraction of sp³-hybridized carbons (Fsp3) is 0.250. The summed E-state index contributed by atoms with van der Waals surface area (Å²) in [6, 6.07) is 13.3. The molecular weight excluding hydrogens is 466 g/mol. The number of nitrogens with zero attached hydrogens (tertiary/aromatic N) is 2. The molecule has 0 saturated carbocycles. The Morgan fingerprint density at radius 2 is 1.67 bits per heavy atom. The van der Waals surface area contributed by atoms with Crippen molar-refractivity contribution in [2.24, 2.45) is 0 Å². The van der Waals surface area contributed by atoms with Crippen LogP contribution in [0, 0.1) is 0 Å². The summed E-state index contributed by atoms with van der Waals surface area (Å²) in [5.41, 5.74) is 1.14. The van der Waals surface area contributed by atoms with Crippen molar-refractivity contribution in [1.29, 1.82) is 0 Å². The molecule has 1 aromatic heterocycles. The van der Waals surface area contributed by atoms with E-state index in [1.807, 2.05) is 32.0 Å². The van der Waals surface area contributed by atoms with Crippen LogP contribution in [-0.4, -0.2) is 32.9 Å². The van der Waals surface area contributed by atoms with Gasteiger partial charge in [0.15, 0.2) is 6.29 Å². The Morgan fingerprint density at radius 3 is 2.30 bits per heavy atom. The molecule has 0 saturated heterocycles. The first-order chi connectivity index (χ1) is 14.3. The van der Waals surface area contributed by atoms with Crippen LogP contribution in [0.1, 0.15) is 13.8 Å². The summed E-state index contributed by atoms with van der Waals surface area (Å²) >= 11 is 12.1. The third kappa shape index (κ3) is 5.41. The lowest BCUT2D eigenvalue weighted by atomic mass is 10.2. The van der Waals surface area contributed by atoms with Gasteiger partial charge in [0.2, 0.25) is 0 Å². The summed E-state index contributed by atoms with van der Waals surface area (Å²) in [7, 11) is -5.89. The van der Waals surface area contributed by atoms with Crippen molar-refractivity contribution in [1.82, 2.24) is 4.98 Å². The van der Waals surface area contributed by atoms with Crippen LogP contribution in [0.25, 0.3) is 10.9 Å². The smallest absolute Gasteiger partial charge is 0.256 e. The zero-order valence-corrected chi connectivity index (χ0v) is 19.8. The van der Waals surface area contributed by atoms with Crippen LogP contribution in [0.4, 0.5) is 5.69 Å².